The maximum absolute atomic E-state index is 10.2. The van der Waals surface area contributed by atoms with Crippen molar-refractivity contribution < 1.29 is 10.2 Å². The van der Waals surface area contributed by atoms with Gasteiger partial charge in [0.25, 0.3) is 0 Å². The molecule has 2 N–H and O–H groups in total. The van der Waals surface area contributed by atoms with Crippen molar-refractivity contribution in [1.29, 1.82) is 0 Å². The molecule has 1 aromatic rings. The summed E-state index contributed by atoms with van der Waals surface area (Å²) < 4.78 is 0. The van der Waals surface area contributed by atoms with Gasteiger partial charge < -0.3 is 10.2 Å². The van der Waals surface area contributed by atoms with Crippen LogP contribution in [0.15, 0.2) is 35.9 Å². The first-order valence-corrected chi connectivity index (χ1v) is 6.75. The Labute approximate surface area is 115 Å². The van der Waals surface area contributed by atoms with Gasteiger partial charge in [0.15, 0.2) is 0 Å². The summed E-state index contributed by atoms with van der Waals surface area (Å²) in [7, 11) is 0. The van der Waals surface area contributed by atoms with Gasteiger partial charge in [0, 0.05) is 17.5 Å². The number of phenolic OH excluding ortho intramolecular Hbond substituents is 2. The van der Waals surface area contributed by atoms with Gasteiger partial charge in [-0.25, -0.2) is 0 Å². The summed E-state index contributed by atoms with van der Waals surface area (Å²) in [6.45, 7) is 10.2. The highest BCUT2D eigenvalue weighted by molar-refractivity contribution is 5.49. The lowest BCUT2D eigenvalue weighted by atomic mass is 9.73. The highest BCUT2D eigenvalue weighted by Crippen LogP contribution is 2.44. The Kier molecular flexibility index (Phi) is 3.70. The average molecular weight is 258 g/mol. The first-order chi connectivity index (χ1) is 8.90. The summed E-state index contributed by atoms with van der Waals surface area (Å²) in [4.78, 5) is 0. The summed E-state index contributed by atoms with van der Waals surface area (Å²) in [6.07, 6.45) is 4.40. The van der Waals surface area contributed by atoms with Crippen molar-refractivity contribution in [3.63, 3.8) is 0 Å². The molecule has 0 radical (unpaired) electrons. The number of benzene rings is 1. The summed E-state index contributed by atoms with van der Waals surface area (Å²) >= 11 is 0. The van der Waals surface area contributed by atoms with E-state index < -0.39 is 0 Å². The predicted octanol–water partition coefficient (Wildman–Crippen LogP) is 4.42. The first kappa shape index (κ1) is 13.7. The van der Waals surface area contributed by atoms with Crippen LogP contribution in [0.2, 0.25) is 0 Å². The maximum atomic E-state index is 10.2. The van der Waals surface area contributed by atoms with Crippen molar-refractivity contribution >= 4 is 0 Å². The molecule has 2 nitrogen and oxygen atoms in total. The molecule has 0 heterocycles. The minimum atomic E-state index is 0.113. The van der Waals surface area contributed by atoms with E-state index in [0.717, 1.165) is 29.5 Å². The number of hydrogen-bond acceptors (Lipinski definition) is 2. The molecule has 1 aromatic carbocycles. The van der Waals surface area contributed by atoms with Gasteiger partial charge in [-0.2, -0.15) is 0 Å². The van der Waals surface area contributed by atoms with E-state index in [0.29, 0.717) is 5.92 Å². The summed E-state index contributed by atoms with van der Waals surface area (Å²) in [5, 5.41) is 19.7. The molecule has 1 aliphatic carbocycles. The maximum Gasteiger partial charge on any atom is 0.123 e. The lowest BCUT2D eigenvalue weighted by Gasteiger charge is -2.32. The van der Waals surface area contributed by atoms with Gasteiger partial charge in [0.1, 0.15) is 11.5 Å². The zero-order valence-electron chi connectivity index (χ0n) is 11.9. The van der Waals surface area contributed by atoms with Gasteiger partial charge >= 0.3 is 0 Å². The van der Waals surface area contributed by atoms with Gasteiger partial charge in [0.05, 0.1) is 0 Å². The first-order valence-electron chi connectivity index (χ1n) is 6.75. The quantitative estimate of drug-likeness (QED) is 0.771. The molecule has 0 aliphatic heterocycles. The molecule has 2 unspecified atom stereocenters. The third kappa shape index (κ3) is 2.67. The predicted molar refractivity (Wildman–Crippen MR) is 78.5 cm³/mol. The lowest BCUT2D eigenvalue weighted by molar-refractivity contribution is 0.424. The molecule has 0 saturated carbocycles. The van der Waals surface area contributed by atoms with E-state index in [4.69, 9.17) is 0 Å². The largest absolute Gasteiger partial charge is 0.508 e. The molecule has 0 saturated heterocycles. The topological polar surface area (TPSA) is 40.5 Å². The van der Waals surface area contributed by atoms with E-state index in [1.54, 1.807) is 6.07 Å². The van der Waals surface area contributed by atoms with Crippen molar-refractivity contribution in [2.45, 2.75) is 39.5 Å². The zero-order chi connectivity index (χ0) is 14.2. The van der Waals surface area contributed by atoms with Crippen LogP contribution in [-0.2, 0) is 0 Å². The molecule has 2 heteroatoms. The second-order valence-corrected chi connectivity index (χ2v) is 5.73. The molecular weight excluding hydrogens is 236 g/mol. The Morgan fingerprint density at radius 1 is 1.26 bits per heavy atom. The number of rotatable bonds is 2. The van der Waals surface area contributed by atoms with Gasteiger partial charge in [-0.05, 0) is 51.2 Å². The molecular formula is C17H22O2. The molecule has 2 atom stereocenters. The van der Waals surface area contributed by atoms with E-state index in [-0.39, 0.29) is 17.4 Å². The fourth-order valence-electron chi connectivity index (χ4n) is 3.10. The van der Waals surface area contributed by atoms with Gasteiger partial charge in [-0.15, -0.1) is 0 Å². The summed E-state index contributed by atoms with van der Waals surface area (Å²) in [6, 6.07) is 3.14. The normalized spacial score (nSPS) is 23.0. The molecule has 0 fully saturated rings. The number of allylic oxidation sites excluding steroid dienone is 3. The van der Waals surface area contributed by atoms with E-state index in [9.17, 15) is 10.2 Å². The molecule has 102 valence electrons. The van der Waals surface area contributed by atoms with E-state index in [1.807, 2.05) is 6.92 Å². The molecule has 0 bridgehead atoms. The van der Waals surface area contributed by atoms with Gasteiger partial charge in [0.2, 0.25) is 0 Å². The van der Waals surface area contributed by atoms with Gasteiger partial charge in [-0.1, -0.05) is 23.8 Å². The van der Waals surface area contributed by atoms with Crippen LogP contribution in [0.1, 0.15) is 43.7 Å². The monoisotopic (exact) mass is 258 g/mol. The lowest BCUT2D eigenvalue weighted by Crippen LogP contribution is -2.17. The molecule has 0 spiro atoms. The van der Waals surface area contributed by atoms with Crippen molar-refractivity contribution in [3.05, 3.63) is 47.1 Å². The average Bonchev–Trinajstić information content (AvgIpc) is 2.27. The van der Waals surface area contributed by atoms with Crippen LogP contribution in [0, 0.1) is 12.8 Å². The number of aromatic hydroxyl groups is 2. The smallest absolute Gasteiger partial charge is 0.123 e. The van der Waals surface area contributed by atoms with Gasteiger partial charge in [-0.3, -0.25) is 0 Å². The van der Waals surface area contributed by atoms with E-state index in [1.165, 1.54) is 11.6 Å². The van der Waals surface area contributed by atoms with Crippen molar-refractivity contribution in [1.82, 2.24) is 0 Å². The Bertz CT molecular complexity index is 517. The third-order valence-corrected chi connectivity index (χ3v) is 4.06. The van der Waals surface area contributed by atoms with Crippen LogP contribution >= 0.6 is 0 Å². The highest BCUT2D eigenvalue weighted by atomic mass is 16.3. The minimum absolute atomic E-state index is 0.113. The van der Waals surface area contributed by atoms with Crippen LogP contribution in [0.25, 0.3) is 0 Å². The van der Waals surface area contributed by atoms with Crippen LogP contribution in [0.3, 0.4) is 0 Å². The molecule has 0 amide bonds. The van der Waals surface area contributed by atoms with E-state index >= 15 is 0 Å². The number of aryl methyl sites for hydroxylation is 1. The molecule has 2 rings (SSSR count). The second kappa shape index (κ2) is 5.12. The Balaban J connectivity index is 2.54. The second-order valence-electron chi connectivity index (χ2n) is 5.73. The fraction of sp³-hybridized carbons (Fsp3) is 0.412. The SMILES string of the molecule is C=C(C)C1CCC(C)=CC1c1c(C)cc(O)cc1O. The van der Waals surface area contributed by atoms with Crippen molar-refractivity contribution in [2.75, 3.05) is 0 Å². The van der Waals surface area contributed by atoms with E-state index in [2.05, 4.69) is 26.5 Å². The zero-order valence-corrected chi connectivity index (χ0v) is 11.9. The van der Waals surface area contributed by atoms with Crippen LogP contribution < -0.4 is 0 Å². The third-order valence-electron chi connectivity index (χ3n) is 4.06. The Morgan fingerprint density at radius 2 is 1.95 bits per heavy atom. The highest BCUT2D eigenvalue weighted by Gasteiger charge is 2.28. The molecule has 1 aliphatic rings. The number of phenols is 2. The van der Waals surface area contributed by atoms with Crippen molar-refractivity contribution in [2.24, 2.45) is 5.92 Å². The Morgan fingerprint density at radius 3 is 2.53 bits per heavy atom. The summed E-state index contributed by atoms with van der Waals surface area (Å²) in [5.74, 6) is 0.812. The van der Waals surface area contributed by atoms with Crippen LogP contribution in [0.4, 0.5) is 0 Å². The Hall–Kier alpha value is -1.70. The molecule has 19 heavy (non-hydrogen) atoms. The standard InChI is InChI=1S/C17H22O2/c1-10(2)14-6-5-11(3)7-15(14)17-12(4)8-13(18)9-16(17)19/h7-9,14-15,18-19H,1,5-6H2,2-4H3. The van der Waals surface area contributed by atoms with Crippen molar-refractivity contribution in [3.8, 4) is 11.5 Å². The molecule has 0 aromatic heterocycles. The fourth-order valence-corrected chi connectivity index (χ4v) is 3.10. The minimum Gasteiger partial charge on any atom is -0.508 e. The summed E-state index contributed by atoms with van der Waals surface area (Å²) in [5.41, 5.74) is 4.36. The number of hydrogen-bond donors (Lipinski definition) is 2. The van der Waals surface area contributed by atoms with Crippen LogP contribution in [0.5, 0.6) is 11.5 Å². The van der Waals surface area contributed by atoms with Crippen LogP contribution in [-0.4, -0.2) is 10.2 Å².